The number of aryl methyl sites for hydroxylation is 2. The van der Waals surface area contributed by atoms with Gasteiger partial charge < -0.3 is 10.2 Å². The molecule has 92 valence electrons. The highest BCUT2D eigenvalue weighted by atomic mass is 16.3. The van der Waals surface area contributed by atoms with E-state index in [1.165, 1.54) is 29.4 Å². The van der Waals surface area contributed by atoms with Crippen molar-refractivity contribution >= 4 is 11.0 Å². The average Bonchev–Trinajstić information content (AvgIpc) is 2.64. The topological polar surface area (TPSA) is 39.2 Å². The second-order valence-corrected chi connectivity index (χ2v) is 4.81. The van der Waals surface area contributed by atoms with Crippen molar-refractivity contribution in [2.45, 2.75) is 46.1 Å². The number of furan rings is 1. The molecule has 0 spiro atoms. The van der Waals surface area contributed by atoms with Crippen LogP contribution in [0.2, 0.25) is 0 Å². The van der Waals surface area contributed by atoms with E-state index < -0.39 is 0 Å². The molecule has 0 fully saturated rings. The Kier molecular flexibility index (Phi) is 3.53. The molecular formula is C15H21NO. The molecule has 0 saturated heterocycles. The molecule has 1 heterocycles. The fourth-order valence-electron chi connectivity index (χ4n) is 2.26. The van der Waals surface area contributed by atoms with Crippen LogP contribution in [-0.2, 0) is 6.42 Å². The first-order valence-electron chi connectivity index (χ1n) is 6.41. The SMILES string of the molecule is CCCCc1ccc2oc(C(C)N)c(C)c2c1. The summed E-state index contributed by atoms with van der Waals surface area (Å²) in [4.78, 5) is 0. The smallest absolute Gasteiger partial charge is 0.134 e. The van der Waals surface area contributed by atoms with Crippen LogP contribution in [0.4, 0.5) is 0 Å². The summed E-state index contributed by atoms with van der Waals surface area (Å²) in [6.45, 7) is 6.27. The Balaban J connectivity index is 2.42. The fraction of sp³-hybridized carbons (Fsp3) is 0.467. The molecule has 1 unspecified atom stereocenters. The Morgan fingerprint density at radius 3 is 2.76 bits per heavy atom. The van der Waals surface area contributed by atoms with E-state index in [1.54, 1.807) is 0 Å². The van der Waals surface area contributed by atoms with Crippen molar-refractivity contribution in [1.82, 2.24) is 0 Å². The van der Waals surface area contributed by atoms with Crippen LogP contribution >= 0.6 is 0 Å². The molecule has 1 aromatic carbocycles. The summed E-state index contributed by atoms with van der Waals surface area (Å²) in [7, 11) is 0. The van der Waals surface area contributed by atoms with Gasteiger partial charge in [0, 0.05) is 5.39 Å². The first-order valence-corrected chi connectivity index (χ1v) is 6.41. The Hall–Kier alpha value is -1.28. The number of nitrogens with two attached hydrogens (primary N) is 1. The zero-order valence-corrected chi connectivity index (χ0v) is 10.9. The van der Waals surface area contributed by atoms with Crippen LogP contribution in [0, 0.1) is 6.92 Å². The van der Waals surface area contributed by atoms with E-state index in [1.807, 2.05) is 6.92 Å². The minimum absolute atomic E-state index is 0.0403. The van der Waals surface area contributed by atoms with Crippen molar-refractivity contribution in [2.75, 3.05) is 0 Å². The Labute approximate surface area is 103 Å². The molecule has 0 amide bonds. The van der Waals surface area contributed by atoms with Gasteiger partial charge in [-0.1, -0.05) is 19.4 Å². The minimum atomic E-state index is -0.0403. The van der Waals surface area contributed by atoms with Gasteiger partial charge in [-0.25, -0.2) is 0 Å². The molecule has 2 rings (SSSR count). The van der Waals surface area contributed by atoms with Gasteiger partial charge in [0.1, 0.15) is 11.3 Å². The van der Waals surface area contributed by atoms with Gasteiger partial charge in [-0.3, -0.25) is 0 Å². The number of hydrogen-bond donors (Lipinski definition) is 1. The van der Waals surface area contributed by atoms with Crippen LogP contribution < -0.4 is 5.73 Å². The fourth-order valence-corrected chi connectivity index (χ4v) is 2.26. The lowest BCUT2D eigenvalue weighted by Gasteiger charge is -2.01. The molecule has 2 heteroatoms. The number of benzene rings is 1. The molecule has 0 aliphatic carbocycles. The van der Waals surface area contributed by atoms with Crippen molar-refractivity contribution in [1.29, 1.82) is 0 Å². The number of hydrogen-bond acceptors (Lipinski definition) is 2. The van der Waals surface area contributed by atoms with E-state index in [0.717, 1.165) is 17.8 Å². The maximum atomic E-state index is 5.90. The predicted molar refractivity (Wildman–Crippen MR) is 72.2 cm³/mol. The molecule has 0 bridgehead atoms. The van der Waals surface area contributed by atoms with Gasteiger partial charge in [0.05, 0.1) is 6.04 Å². The Morgan fingerprint density at radius 2 is 2.12 bits per heavy atom. The van der Waals surface area contributed by atoms with Crippen LogP contribution in [0.3, 0.4) is 0 Å². The van der Waals surface area contributed by atoms with Gasteiger partial charge in [-0.2, -0.15) is 0 Å². The van der Waals surface area contributed by atoms with E-state index in [9.17, 15) is 0 Å². The summed E-state index contributed by atoms with van der Waals surface area (Å²) in [5.74, 6) is 0.910. The summed E-state index contributed by atoms with van der Waals surface area (Å²) >= 11 is 0. The standard InChI is InChI=1S/C15H21NO/c1-4-5-6-12-7-8-14-13(9-12)10(2)15(17-14)11(3)16/h7-9,11H,4-6,16H2,1-3H3. The Bertz CT molecular complexity index is 511. The molecule has 0 aliphatic heterocycles. The number of unbranched alkanes of at least 4 members (excludes halogenated alkanes) is 1. The normalized spacial score (nSPS) is 13.2. The highest BCUT2D eigenvalue weighted by Crippen LogP contribution is 2.29. The lowest BCUT2D eigenvalue weighted by molar-refractivity contribution is 0.509. The van der Waals surface area contributed by atoms with Crippen LogP contribution in [-0.4, -0.2) is 0 Å². The lowest BCUT2D eigenvalue weighted by atomic mass is 10.0. The lowest BCUT2D eigenvalue weighted by Crippen LogP contribution is -2.04. The Morgan fingerprint density at radius 1 is 1.35 bits per heavy atom. The van der Waals surface area contributed by atoms with Crippen LogP contribution in [0.25, 0.3) is 11.0 Å². The molecule has 17 heavy (non-hydrogen) atoms. The van der Waals surface area contributed by atoms with Crippen molar-refractivity contribution in [3.05, 3.63) is 35.1 Å². The average molecular weight is 231 g/mol. The highest BCUT2D eigenvalue weighted by Gasteiger charge is 2.13. The maximum absolute atomic E-state index is 5.90. The van der Waals surface area contributed by atoms with Crippen molar-refractivity contribution < 1.29 is 4.42 Å². The monoisotopic (exact) mass is 231 g/mol. The third kappa shape index (κ3) is 2.37. The third-order valence-electron chi connectivity index (χ3n) is 3.27. The van der Waals surface area contributed by atoms with Gasteiger partial charge >= 0.3 is 0 Å². The molecule has 0 aliphatic rings. The van der Waals surface area contributed by atoms with E-state index in [-0.39, 0.29) is 6.04 Å². The molecule has 1 atom stereocenters. The van der Waals surface area contributed by atoms with Gasteiger partial charge in [0.2, 0.25) is 0 Å². The minimum Gasteiger partial charge on any atom is -0.459 e. The second kappa shape index (κ2) is 4.92. The van der Waals surface area contributed by atoms with Gasteiger partial charge in [-0.15, -0.1) is 0 Å². The number of rotatable bonds is 4. The van der Waals surface area contributed by atoms with Gasteiger partial charge in [0.25, 0.3) is 0 Å². The van der Waals surface area contributed by atoms with E-state index in [2.05, 4.69) is 32.0 Å². The molecular weight excluding hydrogens is 210 g/mol. The van der Waals surface area contributed by atoms with Crippen LogP contribution in [0.15, 0.2) is 22.6 Å². The predicted octanol–water partition coefficient (Wildman–Crippen LogP) is 4.10. The van der Waals surface area contributed by atoms with Gasteiger partial charge in [-0.05, 0) is 49.9 Å². The van der Waals surface area contributed by atoms with Crippen LogP contribution in [0.1, 0.15) is 49.6 Å². The largest absolute Gasteiger partial charge is 0.459 e. The summed E-state index contributed by atoms with van der Waals surface area (Å²) < 4.78 is 5.79. The van der Waals surface area contributed by atoms with Crippen molar-refractivity contribution in [2.24, 2.45) is 5.73 Å². The summed E-state index contributed by atoms with van der Waals surface area (Å²) in [5, 5.41) is 1.21. The quantitative estimate of drug-likeness (QED) is 0.860. The summed E-state index contributed by atoms with van der Waals surface area (Å²) in [6, 6.07) is 6.43. The molecule has 1 aromatic heterocycles. The maximum Gasteiger partial charge on any atom is 0.134 e. The molecule has 0 radical (unpaired) electrons. The van der Waals surface area contributed by atoms with E-state index in [4.69, 9.17) is 10.2 Å². The van der Waals surface area contributed by atoms with E-state index in [0.29, 0.717) is 0 Å². The second-order valence-electron chi connectivity index (χ2n) is 4.81. The molecule has 2 aromatic rings. The summed E-state index contributed by atoms with van der Waals surface area (Å²) in [6.07, 6.45) is 3.61. The first kappa shape index (κ1) is 12.2. The van der Waals surface area contributed by atoms with Crippen molar-refractivity contribution in [3.63, 3.8) is 0 Å². The zero-order valence-electron chi connectivity index (χ0n) is 10.9. The molecule has 2 N–H and O–H groups in total. The first-order chi connectivity index (χ1) is 8.13. The summed E-state index contributed by atoms with van der Waals surface area (Å²) in [5.41, 5.74) is 9.43. The highest BCUT2D eigenvalue weighted by molar-refractivity contribution is 5.82. The molecule has 2 nitrogen and oxygen atoms in total. The number of fused-ring (bicyclic) bond motifs is 1. The third-order valence-corrected chi connectivity index (χ3v) is 3.27. The van der Waals surface area contributed by atoms with E-state index >= 15 is 0 Å². The van der Waals surface area contributed by atoms with Crippen LogP contribution in [0.5, 0.6) is 0 Å². The van der Waals surface area contributed by atoms with Crippen molar-refractivity contribution in [3.8, 4) is 0 Å². The van der Waals surface area contributed by atoms with Gasteiger partial charge in [0.15, 0.2) is 0 Å². The zero-order chi connectivity index (χ0) is 12.4. The molecule has 0 saturated carbocycles.